The van der Waals surface area contributed by atoms with Crippen LogP contribution in [0.3, 0.4) is 0 Å². The fourth-order valence-corrected chi connectivity index (χ4v) is 3.59. The van der Waals surface area contributed by atoms with Crippen molar-refractivity contribution in [3.63, 3.8) is 0 Å². The van der Waals surface area contributed by atoms with Crippen molar-refractivity contribution in [2.75, 3.05) is 13.1 Å². The van der Waals surface area contributed by atoms with Crippen molar-refractivity contribution in [3.8, 4) is 0 Å². The Bertz CT molecular complexity index is 827. The third kappa shape index (κ3) is 2.06. The van der Waals surface area contributed by atoms with Gasteiger partial charge in [-0.05, 0) is 19.4 Å². The maximum atomic E-state index is 13.1. The molecule has 1 atom stereocenters. The smallest absolute Gasteiger partial charge is 0.293 e. The van der Waals surface area contributed by atoms with Gasteiger partial charge in [-0.2, -0.15) is 0 Å². The molecule has 2 aromatic rings. The van der Waals surface area contributed by atoms with Gasteiger partial charge in [-0.25, -0.2) is 4.98 Å². The van der Waals surface area contributed by atoms with Crippen molar-refractivity contribution in [2.45, 2.75) is 32.9 Å². The molecule has 4 rings (SSSR count). The highest BCUT2D eigenvalue weighted by Crippen LogP contribution is 2.39. The van der Waals surface area contributed by atoms with E-state index in [1.807, 2.05) is 31.2 Å². The second-order valence-corrected chi connectivity index (χ2v) is 6.19. The second-order valence-electron chi connectivity index (χ2n) is 6.19. The summed E-state index contributed by atoms with van der Waals surface area (Å²) in [5, 5.41) is 0. The van der Waals surface area contributed by atoms with Crippen molar-refractivity contribution in [3.05, 3.63) is 52.7 Å². The molecule has 0 N–H and O–H groups in total. The van der Waals surface area contributed by atoms with Crippen LogP contribution >= 0.6 is 0 Å². The van der Waals surface area contributed by atoms with Crippen LogP contribution in [0, 0.1) is 6.92 Å². The normalized spacial score (nSPS) is 19.4. The quantitative estimate of drug-likeness (QED) is 0.851. The predicted octanol–water partition coefficient (Wildman–Crippen LogP) is 2.55. The first kappa shape index (κ1) is 14.9. The summed E-state index contributed by atoms with van der Waals surface area (Å²) in [5.74, 6) is 0.647. The monoisotopic (exact) mass is 325 g/mol. The number of amides is 2. The Balaban J connectivity index is 1.74. The van der Waals surface area contributed by atoms with E-state index < -0.39 is 0 Å². The molecule has 0 aliphatic carbocycles. The number of hydrogen-bond acceptors (Lipinski definition) is 4. The van der Waals surface area contributed by atoms with Crippen molar-refractivity contribution < 1.29 is 14.0 Å². The summed E-state index contributed by atoms with van der Waals surface area (Å²) < 4.78 is 5.64. The van der Waals surface area contributed by atoms with Crippen LogP contribution in [0.15, 0.2) is 28.7 Å². The van der Waals surface area contributed by atoms with E-state index in [-0.39, 0.29) is 23.7 Å². The third-order valence-corrected chi connectivity index (χ3v) is 4.72. The summed E-state index contributed by atoms with van der Waals surface area (Å²) in [7, 11) is 0. The molecule has 0 spiro atoms. The molecular formula is C18H19N3O3. The van der Waals surface area contributed by atoms with Crippen LogP contribution in [0.4, 0.5) is 0 Å². The van der Waals surface area contributed by atoms with E-state index >= 15 is 0 Å². The topological polar surface area (TPSA) is 66.7 Å². The van der Waals surface area contributed by atoms with Crippen LogP contribution in [-0.2, 0) is 6.42 Å². The number of fused-ring (bicyclic) bond motifs is 3. The molecule has 1 unspecified atom stereocenters. The van der Waals surface area contributed by atoms with E-state index in [0.717, 1.165) is 12.0 Å². The highest BCUT2D eigenvalue weighted by Gasteiger charge is 2.44. The standard InChI is InChI=1S/C18H19N3O3/c1-3-14-19-11(2)15(24-14)18(23)21-10-6-9-20-16(21)12-7-4-5-8-13(12)17(20)22/h4-5,7-8,16H,3,6,9-10H2,1-2H3. The van der Waals surface area contributed by atoms with Gasteiger partial charge < -0.3 is 14.2 Å². The summed E-state index contributed by atoms with van der Waals surface area (Å²) >= 11 is 0. The first-order valence-corrected chi connectivity index (χ1v) is 8.29. The van der Waals surface area contributed by atoms with Gasteiger partial charge in [0.2, 0.25) is 5.76 Å². The minimum absolute atomic E-state index is 0.00311. The van der Waals surface area contributed by atoms with E-state index in [9.17, 15) is 9.59 Å². The Morgan fingerprint density at radius 3 is 2.88 bits per heavy atom. The average Bonchev–Trinajstić information content (AvgIpc) is 3.13. The maximum absolute atomic E-state index is 13.1. The zero-order valence-corrected chi connectivity index (χ0v) is 13.8. The molecular weight excluding hydrogens is 306 g/mol. The predicted molar refractivity (Wildman–Crippen MR) is 86.5 cm³/mol. The van der Waals surface area contributed by atoms with Gasteiger partial charge in [0.15, 0.2) is 5.89 Å². The lowest BCUT2D eigenvalue weighted by Crippen LogP contribution is -2.48. The largest absolute Gasteiger partial charge is 0.435 e. The highest BCUT2D eigenvalue weighted by molar-refractivity contribution is 6.01. The van der Waals surface area contributed by atoms with Crippen LogP contribution in [0.25, 0.3) is 0 Å². The van der Waals surface area contributed by atoms with E-state index in [0.29, 0.717) is 36.7 Å². The van der Waals surface area contributed by atoms with Crippen LogP contribution < -0.4 is 0 Å². The fraction of sp³-hybridized carbons (Fsp3) is 0.389. The average molecular weight is 325 g/mol. The van der Waals surface area contributed by atoms with Crippen LogP contribution in [0.5, 0.6) is 0 Å². The molecule has 1 aromatic heterocycles. The molecule has 2 aliphatic heterocycles. The minimum atomic E-state index is -0.343. The Hall–Kier alpha value is -2.63. The summed E-state index contributed by atoms with van der Waals surface area (Å²) in [6.07, 6.45) is 1.06. The van der Waals surface area contributed by atoms with Crippen molar-refractivity contribution in [1.29, 1.82) is 0 Å². The summed E-state index contributed by atoms with van der Waals surface area (Å²) in [6.45, 7) is 4.99. The van der Waals surface area contributed by atoms with Gasteiger partial charge in [0, 0.05) is 30.6 Å². The molecule has 24 heavy (non-hydrogen) atoms. The zero-order chi connectivity index (χ0) is 16.8. The molecule has 0 saturated carbocycles. The fourth-order valence-electron chi connectivity index (χ4n) is 3.59. The molecule has 6 heteroatoms. The van der Waals surface area contributed by atoms with Crippen molar-refractivity contribution in [1.82, 2.24) is 14.8 Å². The lowest BCUT2D eigenvalue weighted by molar-refractivity contribution is 0.0144. The lowest BCUT2D eigenvalue weighted by Gasteiger charge is -2.39. The number of benzene rings is 1. The molecule has 1 fully saturated rings. The molecule has 0 radical (unpaired) electrons. The number of carbonyl (C=O) groups excluding carboxylic acids is 2. The van der Waals surface area contributed by atoms with Gasteiger partial charge in [0.05, 0.1) is 5.69 Å². The van der Waals surface area contributed by atoms with E-state index in [1.165, 1.54) is 0 Å². The SMILES string of the molecule is CCc1nc(C)c(C(=O)N2CCCN3C(=O)c4ccccc4C32)o1. The molecule has 0 bridgehead atoms. The molecule has 124 valence electrons. The Morgan fingerprint density at radius 2 is 2.12 bits per heavy atom. The number of aromatic nitrogens is 1. The number of nitrogens with zero attached hydrogens (tertiary/aromatic N) is 3. The molecule has 6 nitrogen and oxygen atoms in total. The number of aryl methyl sites for hydroxylation is 2. The lowest BCUT2D eigenvalue weighted by atomic mass is 10.1. The summed E-state index contributed by atoms with van der Waals surface area (Å²) in [5.41, 5.74) is 2.18. The molecule has 3 heterocycles. The van der Waals surface area contributed by atoms with Gasteiger partial charge >= 0.3 is 0 Å². The highest BCUT2D eigenvalue weighted by atomic mass is 16.4. The molecule has 2 aliphatic rings. The van der Waals surface area contributed by atoms with Gasteiger partial charge in [-0.1, -0.05) is 25.1 Å². The first-order valence-electron chi connectivity index (χ1n) is 8.29. The van der Waals surface area contributed by atoms with Crippen molar-refractivity contribution >= 4 is 11.8 Å². The van der Waals surface area contributed by atoms with Crippen LogP contribution in [0.2, 0.25) is 0 Å². The van der Waals surface area contributed by atoms with Gasteiger partial charge in [0.25, 0.3) is 11.8 Å². The number of carbonyl (C=O) groups is 2. The van der Waals surface area contributed by atoms with Gasteiger partial charge in [-0.15, -0.1) is 0 Å². The zero-order valence-electron chi connectivity index (χ0n) is 13.8. The number of rotatable bonds is 2. The summed E-state index contributed by atoms with van der Waals surface area (Å²) in [6, 6.07) is 7.51. The Morgan fingerprint density at radius 1 is 1.33 bits per heavy atom. The second kappa shape index (κ2) is 5.47. The van der Waals surface area contributed by atoms with E-state index in [1.54, 1.807) is 16.7 Å². The first-order chi connectivity index (χ1) is 11.6. The Kier molecular flexibility index (Phi) is 3.40. The van der Waals surface area contributed by atoms with Gasteiger partial charge in [0.1, 0.15) is 6.17 Å². The molecule has 1 aromatic carbocycles. The minimum Gasteiger partial charge on any atom is -0.435 e. The van der Waals surface area contributed by atoms with Gasteiger partial charge in [-0.3, -0.25) is 9.59 Å². The van der Waals surface area contributed by atoms with E-state index in [4.69, 9.17) is 4.42 Å². The summed E-state index contributed by atoms with van der Waals surface area (Å²) in [4.78, 5) is 33.5. The number of hydrogen-bond donors (Lipinski definition) is 0. The molecule has 1 saturated heterocycles. The maximum Gasteiger partial charge on any atom is 0.293 e. The number of oxazole rings is 1. The van der Waals surface area contributed by atoms with Crippen molar-refractivity contribution in [2.24, 2.45) is 0 Å². The Labute approximate surface area is 140 Å². The van der Waals surface area contributed by atoms with E-state index in [2.05, 4.69) is 4.98 Å². The third-order valence-electron chi connectivity index (χ3n) is 4.72. The van der Waals surface area contributed by atoms with Crippen LogP contribution in [0.1, 0.15) is 57.6 Å². The van der Waals surface area contributed by atoms with Crippen LogP contribution in [-0.4, -0.2) is 39.7 Å². The molecule has 2 amide bonds.